The Morgan fingerprint density at radius 2 is 1.88 bits per heavy atom. The Bertz CT molecular complexity index is 485. The van der Waals surface area contributed by atoms with Crippen LogP contribution in [-0.2, 0) is 14.5 Å². The molecule has 2 rings (SSSR count). The van der Waals surface area contributed by atoms with E-state index in [1.54, 1.807) is 0 Å². The van der Waals surface area contributed by atoms with Crippen LogP contribution in [0.4, 0.5) is 0 Å². The Hall–Kier alpha value is -1.66. The lowest BCUT2D eigenvalue weighted by molar-refractivity contribution is -0.244. The van der Waals surface area contributed by atoms with E-state index in [0.717, 1.165) is 18.3 Å². The lowest BCUT2D eigenvalue weighted by atomic mass is 9.80. The van der Waals surface area contributed by atoms with Gasteiger partial charge in [-0.25, -0.2) is 9.68 Å². The first kappa shape index (κ1) is 20.4. The minimum Gasteiger partial charge on any atom is -0.481 e. The van der Waals surface area contributed by atoms with E-state index in [0.29, 0.717) is 6.61 Å². The van der Waals surface area contributed by atoms with Gasteiger partial charge in [-0.1, -0.05) is 50.8 Å². The summed E-state index contributed by atoms with van der Waals surface area (Å²) in [5.74, 6) is -0.341. The normalized spacial score (nSPS) is 29.2. The molecule has 3 N–H and O–H groups in total. The van der Waals surface area contributed by atoms with Crippen molar-refractivity contribution in [2.24, 2.45) is 17.3 Å². The zero-order valence-electron chi connectivity index (χ0n) is 14.4. The molecule has 0 aromatic carbocycles. The molecule has 0 amide bonds. The summed E-state index contributed by atoms with van der Waals surface area (Å²) in [5.41, 5.74) is -0.949. The highest BCUT2D eigenvalue weighted by molar-refractivity contribution is 5.90. The van der Waals surface area contributed by atoms with Crippen molar-refractivity contribution in [3.63, 3.8) is 0 Å². The van der Waals surface area contributed by atoms with Crippen LogP contribution in [0.15, 0.2) is 23.8 Å². The quantitative estimate of drug-likeness (QED) is 0.520. The minimum atomic E-state index is -1.08. The van der Waals surface area contributed by atoms with Gasteiger partial charge in [-0.3, -0.25) is 10.1 Å². The summed E-state index contributed by atoms with van der Waals surface area (Å²) >= 11 is 0. The fourth-order valence-corrected chi connectivity index (χ4v) is 3.02. The zero-order valence-corrected chi connectivity index (χ0v) is 14.4. The molecular weight excluding hydrogens is 312 g/mol. The number of carbonyl (C=O) groups is 2. The molecule has 6 nitrogen and oxygen atoms in total. The average molecular weight is 340 g/mol. The standard InChI is InChI=1S/C9H10O4.C9H18O2/c1-9(8(12)13)4-2-3-6(5-9)7(10)11;1-8-2-4-9(5-3-8)6-7-11-10/h2-4H,5H2,1H3,(H,10,11)(H,12,13);8-10H,2-7H2,1H3. The molecule has 1 fully saturated rings. The Morgan fingerprint density at radius 3 is 2.38 bits per heavy atom. The van der Waals surface area contributed by atoms with Gasteiger partial charge in [0.2, 0.25) is 0 Å². The monoisotopic (exact) mass is 340 g/mol. The molecule has 1 atom stereocenters. The summed E-state index contributed by atoms with van der Waals surface area (Å²) in [7, 11) is 0. The Morgan fingerprint density at radius 1 is 1.25 bits per heavy atom. The molecule has 136 valence electrons. The Labute approximate surface area is 142 Å². The maximum atomic E-state index is 10.8. The van der Waals surface area contributed by atoms with Crippen molar-refractivity contribution in [3.8, 4) is 0 Å². The van der Waals surface area contributed by atoms with Gasteiger partial charge < -0.3 is 10.2 Å². The van der Waals surface area contributed by atoms with Crippen LogP contribution in [0.25, 0.3) is 0 Å². The number of hydrogen-bond donors (Lipinski definition) is 3. The van der Waals surface area contributed by atoms with Crippen molar-refractivity contribution in [1.29, 1.82) is 0 Å². The fourth-order valence-electron chi connectivity index (χ4n) is 3.02. The van der Waals surface area contributed by atoms with E-state index in [2.05, 4.69) is 11.8 Å². The number of rotatable bonds is 5. The lowest BCUT2D eigenvalue weighted by Gasteiger charge is -2.25. The SMILES string of the molecule is CC1(C(=O)O)C=CC=C(C(=O)O)C1.CC1CCC(CCOO)CC1. The third kappa shape index (κ3) is 6.45. The largest absolute Gasteiger partial charge is 0.481 e. The van der Waals surface area contributed by atoms with Crippen molar-refractivity contribution in [2.75, 3.05) is 6.61 Å². The van der Waals surface area contributed by atoms with Gasteiger partial charge in [0.1, 0.15) is 0 Å². The van der Waals surface area contributed by atoms with Gasteiger partial charge in [0.15, 0.2) is 0 Å². The predicted molar refractivity (Wildman–Crippen MR) is 89.5 cm³/mol. The van der Waals surface area contributed by atoms with Gasteiger partial charge in [0, 0.05) is 5.57 Å². The van der Waals surface area contributed by atoms with Crippen LogP contribution in [0.1, 0.15) is 52.4 Å². The van der Waals surface area contributed by atoms with Gasteiger partial charge in [-0.05, 0) is 31.6 Å². The maximum Gasteiger partial charge on any atom is 0.331 e. The van der Waals surface area contributed by atoms with E-state index >= 15 is 0 Å². The number of carboxylic acid groups (broad SMARTS) is 2. The second kappa shape index (κ2) is 9.59. The first-order valence-electron chi connectivity index (χ1n) is 8.40. The molecule has 0 spiro atoms. The van der Waals surface area contributed by atoms with E-state index in [4.69, 9.17) is 15.5 Å². The molecule has 1 unspecified atom stereocenters. The Balaban J connectivity index is 0.000000243. The van der Waals surface area contributed by atoms with Gasteiger partial charge in [0.25, 0.3) is 0 Å². The molecular formula is C18H28O6. The number of carboxylic acids is 2. The maximum absolute atomic E-state index is 10.8. The molecule has 0 heterocycles. The average Bonchev–Trinajstić information content (AvgIpc) is 2.55. The van der Waals surface area contributed by atoms with E-state index < -0.39 is 17.4 Å². The van der Waals surface area contributed by atoms with E-state index in [-0.39, 0.29) is 12.0 Å². The summed E-state index contributed by atoms with van der Waals surface area (Å²) in [5, 5.41) is 25.6. The molecule has 0 aromatic rings. The van der Waals surface area contributed by atoms with Gasteiger partial charge in [-0.2, -0.15) is 0 Å². The highest BCUT2D eigenvalue weighted by atomic mass is 17.1. The first-order chi connectivity index (χ1) is 11.3. The van der Waals surface area contributed by atoms with E-state index in [1.807, 2.05) is 0 Å². The molecule has 2 aliphatic carbocycles. The van der Waals surface area contributed by atoms with Crippen LogP contribution in [0.5, 0.6) is 0 Å². The summed E-state index contributed by atoms with van der Waals surface area (Å²) in [6, 6.07) is 0. The van der Waals surface area contributed by atoms with Gasteiger partial charge in [-0.15, -0.1) is 0 Å². The summed E-state index contributed by atoms with van der Waals surface area (Å²) < 4.78 is 0. The summed E-state index contributed by atoms with van der Waals surface area (Å²) in [6.07, 6.45) is 10.8. The van der Waals surface area contributed by atoms with Crippen LogP contribution in [0, 0.1) is 17.3 Å². The van der Waals surface area contributed by atoms with Crippen LogP contribution < -0.4 is 0 Å². The molecule has 0 aromatic heterocycles. The molecule has 0 radical (unpaired) electrons. The van der Waals surface area contributed by atoms with Crippen LogP contribution in [0.3, 0.4) is 0 Å². The van der Waals surface area contributed by atoms with Crippen molar-refractivity contribution < 1.29 is 29.9 Å². The molecule has 0 bridgehead atoms. The van der Waals surface area contributed by atoms with Gasteiger partial charge in [0.05, 0.1) is 12.0 Å². The summed E-state index contributed by atoms with van der Waals surface area (Å²) in [4.78, 5) is 25.4. The first-order valence-corrected chi connectivity index (χ1v) is 8.40. The highest BCUT2D eigenvalue weighted by Gasteiger charge is 2.34. The molecule has 0 aliphatic heterocycles. The van der Waals surface area contributed by atoms with Crippen molar-refractivity contribution in [2.45, 2.75) is 52.4 Å². The number of aliphatic carboxylic acids is 2. The van der Waals surface area contributed by atoms with Crippen molar-refractivity contribution >= 4 is 11.9 Å². The smallest absolute Gasteiger partial charge is 0.331 e. The summed E-state index contributed by atoms with van der Waals surface area (Å²) in [6.45, 7) is 4.33. The van der Waals surface area contributed by atoms with E-state index in [1.165, 1.54) is 50.8 Å². The second-order valence-corrected chi connectivity index (χ2v) is 7.00. The topological polar surface area (TPSA) is 104 Å². The van der Waals surface area contributed by atoms with Gasteiger partial charge >= 0.3 is 11.9 Å². The van der Waals surface area contributed by atoms with Crippen molar-refractivity contribution in [1.82, 2.24) is 0 Å². The molecule has 1 saturated carbocycles. The predicted octanol–water partition coefficient (Wildman–Crippen LogP) is 3.74. The third-order valence-corrected chi connectivity index (χ3v) is 4.84. The molecule has 0 saturated heterocycles. The molecule has 6 heteroatoms. The lowest BCUT2D eigenvalue weighted by Crippen LogP contribution is -2.28. The number of allylic oxidation sites excluding steroid dienone is 2. The third-order valence-electron chi connectivity index (χ3n) is 4.84. The molecule has 24 heavy (non-hydrogen) atoms. The van der Waals surface area contributed by atoms with Crippen molar-refractivity contribution in [3.05, 3.63) is 23.8 Å². The zero-order chi connectivity index (χ0) is 18.2. The van der Waals surface area contributed by atoms with Crippen LogP contribution >= 0.6 is 0 Å². The number of hydrogen-bond acceptors (Lipinski definition) is 4. The molecule has 2 aliphatic rings. The minimum absolute atomic E-state index is 0.0359. The fraction of sp³-hybridized carbons (Fsp3) is 0.667. The Kier molecular flexibility index (Phi) is 8.15. The van der Waals surface area contributed by atoms with Crippen LogP contribution in [-0.4, -0.2) is 34.0 Å². The second-order valence-electron chi connectivity index (χ2n) is 7.00. The van der Waals surface area contributed by atoms with E-state index in [9.17, 15) is 9.59 Å². The highest BCUT2D eigenvalue weighted by Crippen LogP contribution is 2.31. The van der Waals surface area contributed by atoms with Crippen LogP contribution in [0.2, 0.25) is 0 Å².